The van der Waals surface area contributed by atoms with Gasteiger partial charge in [0.1, 0.15) is 0 Å². The molecular weight excluding hydrogens is 214 g/mol. The number of carbonyl (C=O) groups is 1. The molecule has 0 aromatic heterocycles. The van der Waals surface area contributed by atoms with Gasteiger partial charge in [-0.05, 0) is 45.7 Å². The number of hydrogen-bond donors (Lipinski definition) is 2. The molecule has 0 spiro atoms. The van der Waals surface area contributed by atoms with Gasteiger partial charge in [-0.2, -0.15) is 0 Å². The molecular formula is C13H27N3O. The van der Waals surface area contributed by atoms with Crippen LogP contribution in [0.15, 0.2) is 0 Å². The second kappa shape index (κ2) is 6.97. The lowest BCUT2D eigenvalue weighted by molar-refractivity contribution is -0.124. The van der Waals surface area contributed by atoms with Crippen LogP contribution in [0.4, 0.5) is 0 Å². The van der Waals surface area contributed by atoms with E-state index in [9.17, 15) is 4.79 Å². The van der Waals surface area contributed by atoms with Gasteiger partial charge in [0.05, 0.1) is 0 Å². The SMILES string of the molecule is CC(CCN)C(=O)NCC1CCN(C(C)C)C1. The highest BCUT2D eigenvalue weighted by atomic mass is 16.1. The maximum absolute atomic E-state index is 11.7. The average Bonchev–Trinajstić information content (AvgIpc) is 2.75. The van der Waals surface area contributed by atoms with Crippen molar-refractivity contribution in [2.24, 2.45) is 17.6 Å². The van der Waals surface area contributed by atoms with E-state index in [2.05, 4.69) is 24.1 Å². The summed E-state index contributed by atoms with van der Waals surface area (Å²) in [6.07, 6.45) is 1.97. The molecule has 0 aromatic carbocycles. The summed E-state index contributed by atoms with van der Waals surface area (Å²) in [6, 6.07) is 0.617. The third-order valence-corrected chi connectivity index (χ3v) is 3.66. The van der Waals surface area contributed by atoms with Crippen LogP contribution in [0, 0.1) is 11.8 Å². The topological polar surface area (TPSA) is 58.4 Å². The van der Waals surface area contributed by atoms with Crippen molar-refractivity contribution in [3.63, 3.8) is 0 Å². The Morgan fingerprint density at radius 2 is 2.18 bits per heavy atom. The van der Waals surface area contributed by atoms with Crippen LogP contribution in [0.3, 0.4) is 0 Å². The van der Waals surface area contributed by atoms with Crippen LogP contribution >= 0.6 is 0 Å². The highest BCUT2D eigenvalue weighted by Gasteiger charge is 2.24. The van der Waals surface area contributed by atoms with Crippen molar-refractivity contribution in [2.75, 3.05) is 26.2 Å². The first kappa shape index (κ1) is 14.5. The number of rotatable bonds is 6. The third kappa shape index (κ3) is 4.64. The molecule has 0 aromatic rings. The molecule has 1 amide bonds. The van der Waals surface area contributed by atoms with E-state index in [0.29, 0.717) is 18.5 Å². The van der Waals surface area contributed by atoms with Crippen molar-refractivity contribution in [1.82, 2.24) is 10.2 Å². The van der Waals surface area contributed by atoms with Gasteiger partial charge in [0.25, 0.3) is 0 Å². The normalized spacial score (nSPS) is 23.0. The molecule has 0 saturated carbocycles. The molecule has 1 rings (SSSR count). The van der Waals surface area contributed by atoms with Crippen LogP contribution < -0.4 is 11.1 Å². The maximum atomic E-state index is 11.7. The minimum absolute atomic E-state index is 0.0441. The molecule has 4 heteroatoms. The van der Waals surface area contributed by atoms with Gasteiger partial charge in [0, 0.05) is 25.0 Å². The molecule has 3 N–H and O–H groups in total. The van der Waals surface area contributed by atoms with Gasteiger partial charge in [0.15, 0.2) is 0 Å². The lowest BCUT2D eigenvalue weighted by Gasteiger charge is -2.20. The molecule has 1 heterocycles. The second-order valence-electron chi connectivity index (χ2n) is 5.47. The number of hydrogen-bond acceptors (Lipinski definition) is 3. The standard InChI is InChI=1S/C13H27N3O/c1-10(2)16-7-5-12(9-16)8-15-13(17)11(3)4-6-14/h10-12H,4-9,14H2,1-3H3,(H,15,17). The number of amides is 1. The monoisotopic (exact) mass is 241 g/mol. The first-order valence-electron chi connectivity index (χ1n) is 6.76. The van der Waals surface area contributed by atoms with E-state index in [4.69, 9.17) is 5.73 Å². The van der Waals surface area contributed by atoms with Crippen LogP contribution in [-0.4, -0.2) is 43.0 Å². The van der Waals surface area contributed by atoms with Gasteiger partial charge in [0.2, 0.25) is 5.91 Å². The van der Waals surface area contributed by atoms with Crippen molar-refractivity contribution < 1.29 is 4.79 Å². The van der Waals surface area contributed by atoms with Gasteiger partial charge in [-0.25, -0.2) is 0 Å². The molecule has 0 aliphatic carbocycles. The molecule has 2 atom stereocenters. The summed E-state index contributed by atoms with van der Waals surface area (Å²) >= 11 is 0. The van der Waals surface area contributed by atoms with E-state index in [-0.39, 0.29) is 11.8 Å². The minimum Gasteiger partial charge on any atom is -0.356 e. The molecule has 1 fully saturated rings. The number of nitrogens with two attached hydrogens (primary N) is 1. The van der Waals surface area contributed by atoms with E-state index in [0.717, 1.165) is 26.1 Å². The zero-order valence-corrected chi connectivity index (χ0v) is 11.4. The first-order valence-corrected chi connectivity index (χ1v) is 6.76. The minimum atomic E-state index is 0.0441. The largest absolute Gasteiger partial charge is 0.356 e. The number of carbonyl (C=O) groups excluding carboxylic acids is 1. The van der Waals surface area contributed by atoms with E-state index < -0.39 is 0 Å². The molecule has 1 aliphatic rings. The lowest BCUT2D eigenvalue weighted by Crippen LogP contribution is -2.35. The smallest absolute Gasteiger partial charge is 0.222 e. The fraction of sp³-hybridized carbons (Fsp3) is 0.923. The summed E-state index contributed by atoms with van der Waals surface area (Å²) in [4.78, 5) is 14.2. The lowest BCUT2D eigenvalue weighted by atomic mass is 10.1. The predicted octanol–water partition coefficient (Wildman–Crippen LogP) is 0.818. The van der Waals surface area contributed by atoms with Crippen molar-refractivity contribution in [1.29, 1.82) is 0 Å². The summed E-state index contributed by atoms with van der Waals surface area (Å²) in [7, 11) is 0. The molecule has 0 radical (unpaired) electrons. The van der Waals surface area contributed by atoms with Crippen LogP contribution in [0.2, 0.25) is 0 Å². The zero-order chi connectivity index (χ0) is 12.8. The van der Waals surface area contributed by atoms with Crippen LogP contribution in [0.5, 0.6) is 0 Å². The fourth-order valence-electron chi connectivity index (χ4n) is 2.30. The second-order valence-corrected chi connectivity index (χ2v) is 5.47. The number of nitrogens with zero attached hydrogens (tertiary/aromatic N) is 1. The summed E-state index contributed by atoms with van der Waals surface area (Å²) in [6.45, 7) is 10.1. The quantitative estimate of drug-likeness (QED) is 0.724. The molecule has 2 unspecified atom stereocenters. The van der Waals surface area contributed by atoms with Crippen molar-refractivity contribution in [2.45, 2.75) is 39.7 Å². The highest BCUT2D eigenvalue weighted by molar-refractivity contribution is 5.78. The van der Waals surface area contributed by atoms with Crippen molar-refractivity contribution in [3.05, 3.63) is 0 Å². The van der Waals surface area contributed by atoms with E-state index >= 15 is 0 Å². The Morgan fingerprint density at radius 3 is 2.71 bits per heavy atom. The Labute approximate surface area is 105 Å². The molecule has 1 aliphatic heterocycles. The van der Waals surface area contributed by atoms with Crippen LogP contribution in [-0.2, 0) is 4.79 Å². The maximum Gasteiger partial charge on any atom is 0.222 e. The highest BCUT2D eigenvalue weighted by Crippen LogP contribution is 2.17. The molecule has 17 heavy (non-hydrogen) atoms. The number of nitrogens with one attached hydrogen (secondary N) is 1. The predicted molar refractivity (Wildman–Crippen MR) is 70.7 cm³/mol. The zero-order valence-electron chi connectivity index (χ0n) is 11.4. The Bertz CT molecular complexity index is 243. The summed E-state index contributed by atoms with van der Waals surface area (Å²) < 4.78 is 0. The Balaban J connectivity index is 2.21. The first-order chi connectivity index (χ1) is 8.04. The van der Waals surface area contributed by atoms with Crippen molar-refractivity contribution >= 4 is 5.91 Å². The summed E-state index contributed by atoms with van der Waals surface area (Å²) in [5.74, 6) is 0.812. The van der Waals surface area contributed by atoms with Crippen molar-refractivity contribution in [3.8, 4) is 0 Å². The molecule has 0 bridgehead atoms. The summed E-state index contributed by atoms with van der Waals surface area (Å²) in [5, 5.41) is 3.05. The van der Waals surface area contributed by atoms with Gasteiger partial charge in [-0.1, -0.05) is 6.92 Å². The van der Waals surface area contributed by atoms with Gasteiger partial charge >= 0.3 is 0 Å². The molecule has 4 nitrogen and oxygen atoms in total. The fourth-order valence-corrected chi connectivity index (χ4v) is 2.30. The third-order valence-electron chi connectivity index (χ3n) is 3.66. The van der Waals surface area contributed by atoms with E-state index in [1.54, 1.807) is 0 Å². The molecule has 1 saturated heterocycles. The Kier molecular flexibility index (Phi) is 5.92. The van der Waals surface area contributed by atoms with Gasteiger partial charge in [-0.3, -0.25) is 4.79 Å². The van der Waals surface area contributed by atoms with Gasteiger partial charge in [-0.15, -0.1) is 0 Å². The van der Waals surface area contributed by atoms with E-state index in [1.807, 2.05) is 6.92 Å². The average molecular weight is 241 g/mol. The summed E-state index contributed by atoms with van der Waals surface area (Å²) in [5.41, 5.74) is 5.45. The van der Waals surface area contributed by atoms with Gasteiger partial charge < -0.3 is 16.0 Å². The van der Waals surface area contributed by atoms with Crippen LogP contribution in [0.25, 0.3) is 0 Å². The van der Waals surface area contributed by atoms with E-state index in [1.165, 1.54) is 6.42 Å². The Morgan fingerprint density at radius 1 is 1.47 bits per heavy atom. The number of likely N-dealkylation sites (tertiary alicyclic amines) is 1. The van der Waals surface area contributed by atoms with Crippen LogP contribution in [0.1, 0.15) is 33.6 Å². The Hall–Kier alpha value is -0.610. The molecule has 100 valence electrons.